The number of aromatic nitrogens is 2. The minimum absolute atomic E-state index is 0.0608. The SMILES string of the molecule is COc1cccc(CC(=O)NCCn2nc(C(=O)NC3CC3)c3c2CCOC3)c1. The highest BCUT2D eigenvalue weighted by molar-refractivity contribution is 5.94. The minimum atomic E-state index is -0.130. The quantitative estimate of drug-likeness (QED) is 0.697. The second-order valence-electron chi connectivity index (χ2n) is 7.43. The molecule has 8 heteroatoms. The van der Waals surface area contributed by atoms with Crippen molar-refractivity contribution in [2.75, 3.05) is 20.3 Å². The van der Waals surface area contributed by atoms with Gasteiger partial charge >= 0.3 is 0 Å². The standard InChI is InChI=1S/C21H26N4O4/c1-28-16-4-2-3-14(11-16)12-19(26)22-8-9-25-18-7-10-29-13-17(18)20(24-25)21(27)23-15-5-6-15/h2-4,11,15H,5-10,12-13H2,1H3,(H,22,26)(H,23,27). The van der Waals surface area contributed by atoms with Crippen molar-refractivity contribution in [2.45, 2.75) is 44.9 Å². The van der Waals surface area contributed by atoms with E-state index in [0.29, 0.717) is 32.0 Å². The van der Waals surface area contributed by atoms with Gasteiger partial charge in [-0.2, -0.15) is 5.10 Å². The summed E-state index contributed by atoms with van der Waals surface area (Å²) < 4.78 is 12.6. The van der Waals surface area contributed by atoms with Crippen LogP contribution in [0.1, 0.15) is 40.2 Å². The summed E-state index contributed by atoms with van der Waals surface area (Å²) in [6.07, 6.45) is 3.07. The first-order chi connectivity index (χ1) is 14.1. The lowest BCUT2D eigenvalue weighted by Crippen LogP contribution is -2.29. The molecule has 4 rings (SSSR count). The smallest absolute Gasteiger partial charge is 0.272 e. The Bertz CT molecular complexity index is 904. The zero-order valence-electron chi connectivity index (χ0n) is 16.6. The Hall–Kier alpha value is -2.87. The summed E-state index contributed by atoms with van der Waals surface area (Å²) in [6.45, 7) is 1.99. The van der Waals surface area contributed by atoms with E-state index in [2.05, 4.69) is 15.7 Å². The zero-order chi connectivity index (χ0) is 20.2. The molecule has 0 unspecified atom stereocenters. The van der Waals surface area contributed by atoms with E-state index in [9.17, 15) is 9.59 Å². The summed E-state index contributed by atoms with van der Waals surface area (Å²) in [7, 11) is 1.61. The highest BCUT2D eigenvalue weighted by Gasteiger charge is 2.29. The number of rotatable bonds is 8. The molecule has 1 fully saturated rings. The van der Waals surface area contributed by atoms with Crippen LogP contribution in [0.3, 0.4) is 0 Å². The van der Waals surface area contributed by atoms with Crippen LogP contribution in [-0.2, 0) is 35.5 Å². The Kier molecular flexibility index (Phi) is 5.80. The molecule has 0 radical (unpaired) electrons. The molecule has 2 heterocycles. The van der Waals surface area contributed by atoms with Gasteiger partial charge in [-0.3, -0.25) is 14.3 Å². The van der Waals surface area contributed by atoms with Crippen molar-refractivity contribution in [3.8, 4) is 5.75 Å². The molecule has 2 aliphatic rings. The van der Waals surface area contributed by atoms with E-state index in [1.54, 1.807) is 7.11 Å². The summed E-state index contributed by atoms with van der Waals surface area (Å²) in [6, 6.07) is 7.76. The van der Waals surface area contributed by atoms with Gasteiger partial charge in [0.2, 0.25) is 5.91 Å². The van der Waals surface area contributed by atoms with Gasteiger partial charge in [0.25, 0.3) is 5.91 Å². The van der Waals surface area contributed by atoms with E-state index < -0.39 is 0 Å². The number of amides is 2. The third kappa shape index (κ3) is 4.76. The van der Waals surface area contributed by atoms with E-state index in [1.165, 1.54) is 0 Å². The molecule has 0 spiro atoms. The van der Waals surface area contributed by atoms with Crippen molar-refractivity contribution in [1.29, 1.82) is 0 Å². The molecule has 2 N–H and O–H groups in total. The van der Waals surface area contributed by atoms with Crippen LogP contribution in [0.2, 0.25) is 0 Å². The third-order valence-corrected chi connectivity index (χ3v) is 5.17. The minimum Gasteiger partial charge on any atom is -0.497 e. The number of hydrogen-bond acceptors (Lipinski definition) is 5. The molecule has 0 bridgehead atoms. The Morgan fingerprint density at radius 2 is 2.21 bits per heavy atom. The maximum absolute atomic E-state index is 12.5. The van der Waals surface area contributed by atoms with Crippen LogP contribution in [0, 0.1) is 0 Å². The van der Waals surface area contributed by atoms with Crippen LogP contribution in [-0.4, -0.2) is 47.9 Å². The summed E-state index contributed by atoms with van der Waals surface area (Å²) in [5.41, 5.74) is 3.25. The number of methoxy groups -OCH3 is 1. The fraction of sp³-hybridized carbons (Fsp3) is 0.476. The Labute approximate surface area is 169 Å². The monoisotopic (exact) mass is 398 g/mol. The molecule has 0 saturated heterocycles. The number of nitrogens with zero attached hydrogens (tertiary/aromatic N) is 2. The molecule has 1 aromatic heterocycles. The van der Waals surface area contributed by atoms with Crippen molar-refractivity contribution in [3.05, 3.63) is 46.8 Å². The zero-order valence-corrected chi connectivity index (χ0v) is 16.6. The molecule has 0 atom stereocenters. The topological polar surface area (TPSA) is 94.5 Å². The number of carbonyl (C=O) groups excluding carboxylic acids is 2. The van der Waals surface area contributed by atoms with E-state index in [0.717, 1.165) is 41.8 Å². The van der Waals surface area contributed by atoms with Crippen LogP contribution in [0.15, 0.2) is 24.3 Å². The van der Waals surface area contributed by atoms with Crippen LogP contribution in [0.4, 0.5) is 0 Å². The van der Waals surface area contributed by atoms with E-state index in [4.69, 9.17) is 9.47 Å². The highest BCUT2D eigenvalue weighted by atomic mass is 16.5. The predicted octanol–water partition coefficient (Wildman–Crippen LogP) is 1.22. The average molecular weight is 398 g/mol. The van der Waals surface area contributed by atoms with Crippen molar-refractivity contribution in [1.82, 2.24) is 20.4 Å². The van der Waals surface area contributed by atoms with Crippen LogP contribution < -0.4 is 15.4 Å². The number of hydrogen-bond donors (Lipinski definition) is 2. The predicted molar refractivity (Wildman–Crippen MR) is 106 cm³/mol. The molecule has 154 valence electrons. The van der Waals surface area contributed by atoms with E-state index >= 15 is 0 Å². The van der Waals surface area contributed by atoms with Gasteiger partial charge in [0.05, 0.1) is 33.3 Å². The fourth-order valence-corrected chi connectivity index (χ4v) is 3.49. The second kappa shape index (κ2) is 8.65. The van der Waals surface area contributed by atoms with Crippen molar-refractivity contribution >= 4 is 11.8 Å². The van der Waals surface area contributed by atoms with Gasteiger partial charge in [-0.05, 0) is 30.5 Å². The van der Waals surface area contributed by atoms with Gasteiger partial charge in [0.15, 0.2) is 5.69 Å². The molecular formula is C21H26N4O4. The maximum atomic E-state index is 12.5. The summed E-state index contributed by atoms with van der Waals surface area (Å²) in [5, 5.41) is 10.5. The largest absolute Gasteiger partial charge is 0.497 e. The number of nitrogens with one attached hydrogen (secondary N) is 2. The maximum Gasteiger partial charge on any atom is 0.272 e. The fourth-order valence-electron chi connectivity index (χ4n) is 3.49. The van der Waals surface area contributed by atoms with Crippen molar-refractivity contribution in [2.24, 2.45) is 0 Å². The molecular weight excluding hydrogens is 372 g/mol. The van der Waals surface area contributed by atoms with Crippen LogP contribution >= 0.6 is 0 Å². The molecule has 2 amide bonds. The highest BCUT2D eigenvalue weighted by Crippen LogP contribution is 2.23. The lowest BCUT2D eigenvalue weighted by molar-refractivity contribution is -0.120. The summed E-state index contributed by atoms with van der Waals surface area (Å²) in [4.78, 5) is 24.8. The number of carbonyl (C=O) groups is 2. The van der Waals surface area contributed by atoms with Gasteiger partial charge in [-0.15, -0.1) is 0 Å². The summed E-state index contributed by atoms with van der Waals surface area (Å²) >= 11 is 0. The first-order valence-corrected chi connectivity index (χ1v) is 10.0. The Balaban J connectivity index is 1.35. The summed E-state index contributed by atoms with van der Waals surface area (Å²) in [5.74, 6) is 0.544. The Morgan fingerprint density at radius 3 is 3.00 bits per heavy atom. The number of benzene rings is 1. The van der Waals surface area contributed by atoms with Crippen LogP contribution in [0.5, 0.6) is 5.75 Å². The molecule has 29 heavy (non-hydrogen) atoms. The molecule has 8 nitrogen and oxygen atoms in total. The van der Waals surface area contributed by atoms with Crippen molar-refractivity contribution in [3.63, 3.8) is 0 Å². The first-order valence-electron chi connectivity index (χ1n) is 10.0. The second-order valence-corrected chi connectivity index (χ2v) is 7.43. The van der Waals surface area contributed by atoms with Gasteiger partial charge in [-0.1, -0.05) is 12.1 Å². The van der Waals surface area contributed by atoms with E-state index in [-0.39, 0.29) is 24.3 Å². The third-order valence-electron chi connectivity index (χ3n) is 5.17. The van der Waals surface area contributed by atoms with Gasteiger partial charge in [-0.25, -0.2) is 0 Å². The van der Waals surface area contributed by atoms with Gasteiger partial charge in [0.1, 0.15) is 5.75 Å². The first kappa shape index (κ1) is 19.4. The normalized spacial score (nSPS) is 15.5. The molecule has 1 aliphatic heterocycles. The van der Waals surface area contributed by atoms with Crippen molar-refractivity contribution < 1.29 is 19.1 Å². The number of fused-ring (bicyclic) bond motifs is 1. The lowest BCUT2D eigenvalue weighted by atomic mass is 10.1. The molecule has 1 aromatic carbocycles. The number of ether oxygens (including phenoxy) is 2. The molecule has 1 aliphatic carbocycles. The average Bonchev–Trinajstić information content (AvgIpc) is 3.47. The van der Waals surface area contributed by atoms with Gasteiger partial charge < -0.3 is 20.1 Å². The molecule has 1 saturated carbocycles. The van der Waals surface area contributed by atoms with Crippen LogP contribution in [0.25, 0.3) is 0 Å². The van der Waals surface area contributed by atoms with E-state index in [1.807, 2.05) is 28.9 Å². The van der Waals surface area contributed by atoms with Gasteiger partial charge in [0, 0.05) is 30.3 Å². The Morgan fingerprint density at radius 1 is 1.34 bits per heavy atom. The lowest BCUT2D eigenvalue weighted by Gasteiger charge is -2.15. The molecule has 2 aromatic rings.